The van der Waals surface area contributed by atoms with Crippen LogP contribution >= 0.6 is 0 Å². The number of hydrogen-bond donors (Lipinski definition) is 1. The van der Waals surface area contributed by atoms with E-state index in [9.17, 15) is 0 Å². The van der Waals surface area contributed by atoms with Gasteiger partial charge in [0.1, 0.15) is 11.6 Å². The van der Waals surface area contributed by atoms with Gasteiger partial charge < -0.3 is 19.8 Å². The Labute approximate surface area is 172 Å². The third-order valence-electron chi connectivity index (χ3n) is 6.03. The predicted molar refractivity (Wildman–Crippen MR) is 118 cm³/mol. The summed E-state index contributed by atoms with van der Waals surface area (Å²) >= 11 is 0. The van der Waals surface area contributed by atoms with Gasteiger partial charge in [0, 0.05) is 11.8 Å². The molecule has 0 spiro atoms. The number of hydrogen-bond acceptors (Lipinski definition) is 5. The quantitative estimate of drug-likeness (QED) is 0.688. The molecule has 1 aliphatic heterocycles. The van der Waals surface area contributed by atoms with E-state index in [4.69, 9.17) is 19.8 Å². The molecule has 0 atom stereocenters. The van der Waals surface area contributed by atoms with Crippen molar-refractivity contribution in [1.82, 2.24) is 4.98 Å². The molecule has 0 bridgehead atoms. The summed E-state index contributed by atoms with van der Waals surface area (Å²) in [6, 6.07) is 16.2. The lowest BCUT2D eigenvalue weighted by Gasteiger charge is -2.32. The summed E-state index contributed by atoms with van der Waals surface area (Å²) in [6.45, 7) is 8.21. The van der Waals surface area contributed by atoms with Gasteiger partial charge in [0.15, 0.2) is 0 Å². The number of nitrogen functional groups attached to an aromatic ring is 1. The first-order valence-corrected chi connectivity index (χ1v) is 9.86. The normalized spacial score (nSPS) is 17.6. The first-order valence-electron chi connectivity index (χ1n) is 9.86. The highest BCUT2D eigenvalue weighted by Gasteiger charge is 2.51. The zero-order valence-corrected chi connectivity index (χ0v) is 17.7. The molecule has 0 radical (unpaired) electrons. The van der Waals surface area contributed by atoms with E-state index in [-0.39, 0.29) is 11.2 Å². The van der Waals surface area contributed by atoms with Crippen molar-refractivity contribution in [2.45, 2.75) is 45.3 Å². The SMILES string of the molecule is COc1ccc(Cc2cc3ccc(B4OC(C)(C)C(C)(C)O4)cc3nc2N)cc1. The van der Waals surface area contributed by atoms with E-state index in [1.165, 1.54) is 0 Å². The molecule has 2 aromatic carbocycles. The Morgan fingerprint density at radius 1 is 0.966 bits per heavy atom. The minimum atomic E-state index is -0.411. The standard InChI is InChI=1S/C23H27BN2O3/c1-22(2)23(3,4)29-24(28-22)18-9-8-16-13-17(21(25)26-20(16)14-18)12-15-6-10-19(27-5)11-7-15/h6-11,13-14H,12H2,1-5H3,(H2,25,26). The monoisotopic (exact) mass is 390 g/mol. The number of ether oxygens (including phenoxy) is 1. The van der Waals surface area contributed by atoms with Crippen molar-refractivity contribution in [2.24, 2.45) is 0 Å². The molecule has 1 aromatic heterocycles. The van der Waals surface area contributed by atoms with Crippen LogP contribution in [0.25, 0.3) is 10.9 Å². The molecule has 0 saturated carbocycles. The van der Waals surface area contributed by atoms with Crippen LogP contribution in [0.2, 0.25) is 0 Å². The largest absolute Gasteiger partial charge is 0.497 e. The lowest BCUT2D eigenvalue weighted by molar-refractivity contribution is 0.00578. The van der Waals surface area contributed by atoms with Gasteiger partial charge in [-0.1, -0.05) is 24.3 Å². The van der Waals surface area contributed by atoms with Crippen molar-refractivity contribution in [3.05, 3.63) is 59.7 Å². The van der Waals surface area contributed by atoms with Gasteiger partial charge in [-0.15, -0.1) is 0 Å². The van der Waals surface area contributed by atoms with Crippen molar-refractivity contribution >= 4 is 29.3 Å². The van der Waals surface area contributed by atoms with Crippen LogP contribution < -0.4 is 15.9 Å². The third-order valence-corrected chi connectivity index (χ3v) is 6.03. The Hall–Kier alpha value is -2.57. The molecule has 29 heavy (non-hydrogen) atoms. The van der Waals surface area contributed by atoms with Crippen molar-refractivity contribution in [3.8, 4) is 5.75 Å². The van der Waals surface area contributed by atoms with E-state index in [0.717, 1.165) is 39.7 Å². The van der Waals surface area contributed by atoms with Gasteiger partial charge in [0.25, 0.3) is 0 Å². The average molecular weight is 390 g/mol. The van der Waals surface area contributed by atoms with E-state index in [1.807, 2.05) is 36.4 Å². The summed E-state index contributed by atoms with van der Waals surface area (Å²) in [5, 5.41) is 1.04. The molecule has 1 fully saturated rings. The molecule has 2 N–H and O–H groups in total. The highest BCUT2D eigenvalue weighted by Crippen LogP contribution is 2.36. The fraction of sp³-hybridized carbons (Fsp3) is 0.348. The van der Waals surface area contributed by atoms with Crippen LogP contribution in [-0.2, 0) is 15.7 Å². The van der Waals surface area contributed by atoms with Crippen LogP contribution in [-0.4, -0.2) is 30.4 Å². The molecule has 0 aliphatic carbocycles. The number of aromatic nitrogens is 1. The fourth-order valence-corrected chi connectivity index (χ4v) is 3.47. The van der Waals surface area contributed by atoms with Crippen molar-refractivity contribution < 1.29 is 14.0 Å². The third kappa shape index (κ3) is 3.70. The smallest absolute Gasteiger partial charge is 0.494 e. The van der Waals surface area contributed by atoms with Gasteiger partial charge in [-0.2, -0.15) is 0 Å². The number of rotatable bonds is 4. The average Bonchev–Trinajstić information content (AvgIpc) is 2.90. The van der Waals surface area contributed by atoms with Gasteiger partial charge >= 0.3 is 7.12 Å². The maximum Gasteiger partial charge on any atom is 0.494 e. The predicted octanol–water partition coefficient (Wildman–Crippen LogP) is 3.72. The second-order valence-corrected chi connectivity index (χ2v) is 8.60. The van der Waals surface area contributed by atoms with Gasteiger partial charge in [0.2, 0.25) is 0 Å². The van der Waals surface area contributed by atoms with Gasteiger partial charge in [0.05, 0.1) is 23.8 Å². The van der Waals surface area contributed by atoms with Crippen LogP contribution in [0.1, 0.15) is 38.8 Å². The Kier molecular flexibility index (Phi) is 4.79. The van der Waals surface area contributed by atoms with Gasteiger partial charge in [-0.25, -0.2) is 4.98 Å². The first-order chi connectivity index (χ1) is 13.7. The van der Waals surface area contributed by atoms with Crippen molar-refractivity contribution in [3.63, 3.8) is 0 Å². The number of pyridine rings is 1. The topological polar surface area (TPSA) is 66.6 Å². The molecule has 5 nitrogen and oxygen atoms in total. The summed E-state index contributed by atoms with van der Waals surface area (Å²) < 4.78 is 17.5. The first kappa shape index (κ1) is 19.7. The van der Waals surface area contributed by atoms with Crippen molar-refractivity contribution in [1.29, 1.82) is 0 Å². The van der Waals surface area contributed by atoms with Gasteiger partial charge in [-0.3, -0.25) is 0 Å². The molecule has 2 heterocycles. The Morgan fingerprint density at radius 2 is 1.62 bits per heavy atom. The lowest BCUT2D eigenvalue weighted by atomic mass is 9.78. The van der Waals surface area contributed by atoms with Crippen LogP contribution in [0.15, 0.2) is 48.5 Å². The number of nitrogens with zero attached hydrogens (tertiary/aromatic N) is 1. The molecular formula is C23H27BN2O3. The molecule has 0 amide bonds. The Bertz CT molecular complexity index is 1030. The van der Waals surface area contributed by atoms with E-state index in [1.54, 1.807) is 7.11 Å². The highest BCUT2D eigenvalue weighted by molar-refractivity contribution is 6.62. The molecule has 0 unspecified atom stereocenters. The van der Waals surface area contributed by atoms with E-state index in [2.05, 4.69) is 44.8 Å². The summed E-state index contributed by atoms with van der Waals surface area (Å²) in [5.41, 5.74) is 9.49. The minimum absolute atomic E-state index is 0.374. The molecule has 1 aliphatic rings. The number of nitrogens with two attached hydrogens (primary N) is 1. The number of benzene rings is 2. The Balaban J connectivity index is 1.61. The highest BCUT2D eigenvalue weighted by atomic mass is 16.7. The number of anilines is 1. The number of methoxy groups -OCH3 is 1. The fourth-order valence-electron chi connectivity index (χ4n) is 3.47. The maximum absolute atomic E-state index is 6.28. The van der Waals surface area contributed by atoms with Gasteiger partial charge in [-0.05, 0) is 68.6 Å². The van der Waals surface area contributed by atoms with E-state index in [0.29, 0.717) is 5.82 Å². The van der Waals surface area contributed by atoms with Crippen LogP contribution in [0.4, 0.5) is 5.82 Å². The lowest BCUT2D eigenvalue weighted by Crippen LogP contribution is -2.41. The van der Waals surface area contributed by atoms with E-state index < -0.39 is 7.12 Å². The summed E-state index contributed by atoms with van der Waals surface area (Å²) in [6.07, 6.45) is 0.720. The molecular weight excluding hydrogens is 363 g/mol. The second kappa shape index (κ2) is 7.04. The molecule has 4 rings (SSSR count). The summed E-state index contributed by atoms with van der Waals surface area (Å²) in [7, 11) is 1.25. The molecule has 6 heteroatoms. The molecule has 3 aromatic rings. The molecule has 1 saturated heterocycles. The number of fused-ring (bicyclic) bond motifs is 1. The maximum atomic E-state index is 6.28. The van der Waals surface area contributed by atoms with Crippen LogP contribution in [0.5, 0.6) is 5.75 Å². The summed E-state index contributed by atoms with van der Waals surface area (Å²) in [5.74, 6) is 1.38. The summed E-state index contributed by atoms with van der Waals surface area (Å²) in [4.78, 5) is 4.65. The van der Waals surface area contributed by atoms with Crippen LogP contribution in [0, 0.1) is 0 Å². The Morgan fingerprint density at radius 3 is 2.24 bits per heavy atom. The minimum Gasteiger partial charge on any atom is -0.497 e. The zero-order valence-electron chi connectivity index (χ0n) is 17.7. The van der Waals surface area contributed by atoms with Crippen molar-refractivity contribution in [2.75, 3.05) is 12.8 Å². The zero-order chi connectivity index (χ0) is 20.8. The van der Waals surface area contributed by atoms with Crippen LogP contribution in [0.3, 0.4) is 0 Å². The molecule has 150 valence electrons. The van der Waals surface area contributed by atoms with E-state index >= 15 is 0 Å². The second-order valence-electron chi connectivity index (χ2n) is 8.60.